The van der Waals surface area contributed by atoms with E-state index in [1.807, 2.05) is 0 Å². The number of aromatic amines is 1. The summed E-state index contributed by atoms with van der Waals surface area (Å²) in [6.45, 7) is 0. The highest BCUT2D eigenvalue weighted by Gasteiger charge is 2.16. The van der Waals surface area contributed by atoms with Gasteiger partial charge in [0, 0.05) is 11.6 Å². The Morgan fingerprint density at radius 1 is 1.42 bits per heavy atom. The molecule has 0 saturated heterocycles. The van der Waals surface area contributed by atoms with Crippen LogP contribution in [0.4, 0.5) is 8.78 Å². The number of hydrogen-bond donors (Lipinski definition) is 1. The molecular weight excluding hydrogens is 272 g/mol. The minimum atomic E-state index is -0.873. The number of nitrogens with zero attached hydrogens (tertiary/aromatic N) is 2. The lowest BCUT2D eigenvalue weighted by molar-refractivity contribution is 0.585. The van der Waals surface area contributed by atoms with Gasteiger partial charge in [0.05, 0.1) is 5.69 Å². The number of nitrogens with one attached hydrogen (secondary N) is 1. The molecule has 96 valence electrons. The average Bonchev–Trinajstić information content (AvgIpc) is 2.37. The Labute approximate surface area is 111 Å². The van der Waals surface area contributed by atoms with Crippen LogP contribution in [-0.2, 0) is 0 Å². The van der Waals surface area contributed by atoms with Gasteiger partial charge in [0.2, 0.25) is 0 Å². The molecule has 1 aromatic heterocycles. The summed E-state index contributed by atoms with van der Waals surface area (Å²) >= 11 is 1.15. The van der Waals surface area contributed by atoms with Crippen LogP contribution in [0.5, 0.6) is 0 Å². The van der Waals surface area contributed by atoms with Gasteiger partial charge in [0.15, 0.2) is 5.16 Å². The van der Waals surface area contributed by atoms with E-state index in [2.05, 4.69) is 9.97 Å². The lowest BCUT2D eigenvalue weighted by Crippen LogP contribution is -2.15. The van der Waals surface area contributed by atoms with Crippen molar-refractivity contribution in [2.45, 2.75) is 5.16 Å². The summed E-state index contributed by atoms with van der Waals surface area (Å²) in [7, 11) is 0. The number of rotatable bonds is 2. The molecule has 1 N–H and O–H groups in total. The molecule has 0 atom stereocenters. The SMILES string of the molecule is CSc1nc(-c2ccc(F)cc2F)c(C#N)c(=O)[nH]1. The van der Waals surface area contributed by atoms with Crippen molar-refractivity contribution in [1.82, 2.24) is 9.97 Å². The summed E-state index contributed by atoms with van der Waals surface area (Å²) in [5.41, 5.74) is -1.13. The molecule has 2 rings (SSSR count). The van der Waals surface area contributed by atoms with Gasteiger partial charge in [0.25, 0.3) is 5.56 Å². The van der Waals surface area contributed by atoms with Crippen molar-refractivity contribution in [1.29, 1.82) is 5.26 Å². The van der Waals surface area contributed by atoms with Crippen LogP contribution in [-0.4, -0.2) is 16.2 Å². The number of nitriles is 1. The van der Waals surface area contributed by atoms with Gasteiger partial charge in [0.1, 0.15) is 23.3 Å². The van der Waals surface area contributed by atoms with E-state index in [0.29, 0.717) is 6.07 Å². The van der Waals surface area contributed by atoms with Crippen LogP contribution in [0.15, 0.2) is 28.2 Å². The van der Waals surface area contributed by atoms with Crippen LogP contribution in [0.2, 0.25) is 0 Å². The first kappa shape index (κ1) is 13.2. The van der Waals surface area contributed by atoms with Gasteiger partial charge < -0.3 is 4.98 Å². The van der Waals surface area contributed by atoms with Gasteiger partial charge in [-0.25, -0.2) is 13.8 Å². The lowest BCUT2D eigenvalue weighted by Gasteiger charge is -2.06. The molecule has 0 bridgehead atoms. The number of hydrogen-bond acceptors (Lipinski definition) is 4. The Hall–Kier alpha value is -2.20. The largest absolute Gasteiger partial charge is 0.300 e. The highest BCUT2D eigenvalue weighted by Crippen LogP contribution is 2.24. The van der Waals surface area contributed by atoms with Crippen LogP contribution in [0, 0.1) is 23.0 Å². The summed E-state index contributed by atoms with van der Waals surface area (Å²) in [5.74, 6) is -1.61. The number of H-pyrrole nitrogens is 1. The molecule has 0 aliphatic carbocycles. The second-order valence-electron chi connectivity index (χ2n) is 3.53. The van der Waals surface area contributed by atoms with E-state index in [0.717, 1.165) is 23.9 Å². The first-order valence-corrected chi connectivity index (χ1v) is 6.33. The van der Waals surface area contributed by atoms with E-state index in [4.69, 9.17) is 5.26 Å². The van der Waals surface area contributed by atoms with E-state index in [1.165, 1.54) is 0 Å². The quantitative estimate of drug-likeness (QED) is 0.676. The summed E-state index contributed by atoms with van der Waals surface area (Å²) in [4.78, 5) is 18.1. The molecule has 0 fully saturated rings. The molecule has 0 amide bonds. The van der Waals surface area contributed by atoms with Crippen molar-refractivity contribution >= 4 is 11.8 Å². The molecule has 7 heteroatoms. The monoisotopic (exact) mass is 279 g/mol. The number of benzene rings is 1. The van der Waals surface area contributed by atoms with Crippen molar-refractivity contribution in [3.8, 4) is 17.3 Å². The molecule has 0 aliphatic heterocycles. The third-order valence-electron chi connectivity index (χ3n) is 2.39. The topological polar surface area (TPSA) is 69.5 Å². The molecule has 0 spiro atoms. The van der Waals surface area contributed by atoms with Gasteiger partial charge in [-0.15, -0.1) is 0 Å². The fraction of sp³-hybridized carbons (Fsp3) is 0.0833. The Bertz CT molecular complexity index is 737. The molecule has 2 aromatic rings. The van der Waals surface area contributed by atoms with Crippen LogP contribution >= 0.6 is 11.8 Å². The zero-order chi connectivity index (χ0) is 14.0. The van der Waals surface area contributed by atoms with E-state index in [-0.39, 0.29) is 22.0 Å². The highest BCUT2D eigenvalue weighted by atomic mass is 32.2. The maximum atomic E-state index is 13.7. The van der Waals surface area contributed by atoms with E-state index < -0.39 is 17.2 Å². The molecule has 19 heavy (non-hydrogen) atoms. The zero-order valence-corrected chi connectivity index (χ0v) is 10.5. The summed E-state index contributed by atoms with van der Waals surface area (Å²) in [5, 5.41) is 9.21. The normalized spacial score (nSPS) is 10.2. The summed E-state index contributed by atoms with van der Waals surface area (Å²) in [6, 6.07) is 4.55. The molecule has 4 nitrogen and oxygen atoms in total. The maximum absolute atomic E-state index is 13.7. The summed E-state index contributed by atoms with van der Waals surface area (Å²) in [6.07, 6.45) is 1.68. The van der Waals surface area contributed by atoms with Gasteiger partial charge in [-0.2, -0.15) is 5.26 Å². The van der Waals surface area contributed by atoms with Crippen molar-refractivity contribution in [2.75, 3.05) is 6.26 Å². The fourth-order valence-corrected chi connectivity index (χ4v) is 1.91. The zero-order valence-electron chi connectivity index (χ0n) is 9.70. The van der Waals surface area contributed by atoms with Gasteiger partial charge in [-0.05, 0) is 18.4 Å². The Kier molecular flexibility index (Phi) is 3.62. The molecule has 0 radical (unpaired) electrons. The Balaban J connectivity index is 2.77. The molecule has 1 heterocycles. The van der Waals surface area contributed by atoms with Crippen LogP contribution in [0.25, 0.3) is 11.3 Å². The van der Waals surface area contributed by atoms with Crippen LogP contribution in [0.1, 0.15) is 5.56 Å². The minimum absolute atomic E-state index is 0.0839. The number of halogens is 2. The molecule has 1 aromatic carbocycles. The second-order valence-corrected chi connectivity index (χ2v) is 4.33. The summed E-state index contributed by atoms with van der Waals surface area (Å²) < 4.78 is 26.6. The highest BCUT2D eigenvalue weighted by molar-refractivity contribution is 7.98. The average molecular weight is 279 g/mol. The van der Waals surface area contributed by atoms with E-state index >= 15 is 0 Å². The van der Waals surface area contributed by atoms with Crippen molar-refractivity contribution in [3.63, 3.8) is 0 Å². The van der Waals surface area contributed by atoms with Gasteiger partial charge >= 0.3 is 0 Å². The lowest BCUT2D eigenvalue weighted by atomic mass is 10.1. The first-order valence-electron chi connectivity index (χ1n) is 5.10. The minimum Gasteiger partial charge on any atom is -0.300 e. The third kappa shape index (κ3) is 2.48. The van der Waals surface area contributed by atoms with Crippen molar-refractivity contribution in [3.05, 3.63) is 45.8 Å². The van der Waals surface area contributed by atoms with Crippen LogP contribution < -0.4 is 5.56 Å². The van der Waals surface area contributed by atoms with Gasteiger partial charge in [-0.3, -0.25) is 4.79 Å². The molecular formula is C12H7F2N3OS. The molecule has 0 aliphatic rings. The predicted molar refractivity (Wildman–Crippen MR) is 66.7 cm³/mol. The number of aromatic nitrogens is 2. The van der Waals surface area contributed by atoms with E-state index in [1.54, 1.807) is 12.3 Å². The Morgan fingerprint density at radius 3 is 2.74 bits per heavy atom. The fourth-order valence-electron chi connectivity index (χ4n) is 1.53. The van der Waals surface area contributed by atoms with Crippen LogP contribution in [0.3, 0.4) is 0 Å². The van der Waals surface area contributed by atoms with Gasteiger partial charge in [-0.1, -0.05) is 11.8 Å². The van der Waals surface area contributed by atoms with Crippen molar-refractivity contribution < 1.29 is 8.78 Å². The van der Waals surface area contributed by atoms with Crippen molar-refractivity contribution in [2.24, 2.45) is 0 Å². The smallest absolute Gasteiger partial charge is 0.270 e. The standard InChI is InChI=1S/C12H7F2N3OS/c1-19-12-16-10(8(5-15)11(18)17-12)7-3-2-6(13)4-9(7)14/h2-4H,1H3,(H,16,17,18). The molecule has 0 saturated carbocycles. The number of thioether (sulfide) groups is 1. The second kappa shape index (κ2) is 5.20. The Morgan fingerprint density at radius 2 is 2.16 bits per heavy atom. The molecule has 0 unspecified atom stereocenters. The van der Waals surface area contributed by atoms with E-state index in [9.17, 15) is 13.6 Å². The first-order chi connectivity index (χ1) is 9.06. The third-order valence-corrected chi connectivity index (χ3v) is 2.97. The maximum Gasteiger partial charge on any atom is 0.270 e. The predicted octanol–water partition coefficient (Wildman–Crippen LogP) is 2.31.